The number of non-ortho nitro benzene ring substituents is 1. The minimum atomic E-state index is -0.996. The Morgan fingerprint density at radius 1 is 1.31 bits per heavy atom. The highest BCUT2D eigenvalue weighted by Crippen LogP contribution is 2.38. The summed E-state index contributed by atoms with van der Waals surface area (Å²) in [6.45, 7) is 7.23. The van der Waals surface area contributed by atoms with E-state index in [9.17, 15) is 24.5 Å². The van der Waals surface area contributed by atoms with Crippen LogP contribution in [-0.4, -0.2) is 44.6 Å². The summed E-state index contributed by atoms with van der Waals surface area (Å²) in [6, 6.07) is 5.31. The minimum absolute atomic E-state index is 0.171. The van der Waals surface area contributed by atoms with E-state index in [1.54, 1.807) is 26.8 Å². The molecule has 32 heavy (non-hydrogen) atoms. The van der Waals surface area contributed by atoms with Crippen LogP contribution in [0.25, 0.3) is 0 Å². The standard InChI is InChI=1S/C21H25N5O6/c1-5-9-22-21(29)25-17(27)11-16-23-13(4)18(20(28)32-12(2)3)19(24(16)25)14-7-6-8-15(10-14)26(30)31/h6-8,10-12,18-19H,5,9H2,1-4H3,(H,22,29). The van der Waals surface area contributed by atoms with E-state index in [0.29, 0.717) is 24.2 Å². The zero-order valence-electron chi connectivity index (χ0n) is 18.3. The molecule has 0 spiro atoms. The number of carbonyl (C=O) groups is 2. The highest BCUT2D eigenvalue weighted by Gasteiger charge is 2.42. The van der Waals surface area contributed by atoms with Gasteiger partial charge in [-0.25, -0.2) is 14.5 Å². The van der Waals surface area contributed by atoms with E-state index in [1.807, 2.05) is 6.92 Å². The van der Waals surface area contributed by atoms with Crippen molar-refractivity contribution >= 4 is 29.2 Å². The summed E-state index contributed by atoms with van der Waals surface area (Å²) in [5.74, 6) is -1.43. The fourth-order valence-electron chi connectivity index (χ4n) is 3.68. The highest BCUT2D eigenvalue weighted by molar-refractivity contribution is 6.03. The van der Waals surface area contributed by atoms with Gasteiger partial charge in [0.2, 0.25) is 0 Å². The topological polar surface area (TPSA) is 138 Å². The van der Waals surface area contributed by atoms with Gasteiger partial charge in [0, 0.05) is 30.5 Å². The first-order valence-corrected chi connectivity index (χ1v) is 10.3. The molecule has 2 atom stereocenters. The lowest BCUT2D eigenvalue weighted by atomic mass is 9.88. The van der Waals surface area contributed by atoms with Crippen LogP contribution in [0.15, 0.2) is 40.1 Å². The molecule has 1 N–H and O–H groups in total. The maximum atomic E-state index is 13.1. The second-order valence-electron chi connectivity index (χ2n) is 7.74. The number of nitrogens with one attached hydrogen (secondary N) is 1. The Labute approximate surface area is 183 Å². The fraction of sp³-hybridized carbons (Fsp3) is 0.429. The highest BCUT2D eigenvalue weighted by atomic mass is 16.6. The van der Waals surface area contributed by atoms with Crippen LogP contribution in [0, 0.1) is 16.0 Å². The van der Waals surface area contributed by atoms with E-state index in [1.165, 1.54) is 28.9 Å². The number of ether oxygens (including phenoxy) is 1. The molecule has 2 aromatic rings. The lowest BCUT2D eigenvalue weighted by Crippen LogP contribution is -2.44. The van der Waals surface area contributed by atoms with Gasteiger partial charge in [-0.15, -0.1) is 0 Å². The van der Waals surface area contributed by atoms with Crippen molar-refractivity contribution < 1.29 is 19.2 Å². The van der Waals surface area contributed by atoms with Gasteiger partial charge < -0.3 is 10.1 Å². The largest absolute Gasteiger partial charge is 0.462 e. The van der Waals surface area contributed by atoms with E-state index < -0.39 is 40.5 Å². The van der Waals surface area contributed by atoms with Crippen LogP contribution in [-0.2, 0) is 9.53 Å². The first-order chi connectivity index (χ1) is 15.1. The van der Waals surface area contributed by atoms with Crippen molar-refractivity contribution in [3.8, 4) is 0 Å². The molecule has 1 aliphatic rings. The number of aromatic nitrogens is 2. The first kappa shape index (κ1) is 22.9. The third kappa shape index (κ3) is 4.32. The number of aliphatic imine (C=N–C) groups is 1. The molecule has 0 aliphatic carbocycles. The third-order valence-electron chi connectivity index (χ3n) is 4.98. The van der Waals surface area contributed by atoms with Crippen molar-refractivity contribution in [3.63, 3.8) is 0 Å². The van der Waals surface area contributed by atoms with Crippen LogP contribution in [0.5, 0.6) is 0 Å². The Morgan fingerprint density at radius 3 is 2.66 bits per heavy atom. The number of nitro groups is 1. The maximum absolute atomic E-state index is 13.1. The molecule has 1 aromatic carbocycles. The molecular formula is C21H25N5O6. The average molecular weight is 443 g/mol. The van der Waals surface area contributed by atoms with Gasteiger partial charge in [0.25, 0.3) is 11.2 Å². The molecular weight excluding hydrogens is 418 g/mol. The summed E-state index contributed by atoms with van der Waals surface area (Å²) in [5, 5.41) is 14.0. The molecule has 1 aliphatic heterocycles. The number of hydrogen-bond acceptors (Lipinski definition) is 7. The van der Waals surface area contributed by atoms with Gasteiger partial charge >= 0.3 is 12.0 Å². The summed E-state index contributed by atoms with van der Waals surface area (Å²) >= 11 is 0. The van der Waals surface area contributed by atoms with Crippen molar-refractivity contribution in [3.05, 3.63) is 56.4 Å². The van der Waals surface area contributed by atoms with Crippen LogP contribution in [0.2, 0.25) is 0 Å². The quantitative estimate of drug-likeness (QED) is 0.414. The number of esters is 1. The van der Waals surface area contributed by atoms with Gasteiger partial charge in [-0.1, -0.05) is 19.1 Å². The Balaban J connectivity index is 2.26. The second kappa shape index (κ2) is 9.16. The molecule has 3 rings (SSSR count). The molecule has 0 saturated carbocycles. The Morgan fingerprint density at radius 2 is 2.03 bits per heavy atom. The van der Waals surface area contributed by atoms with Crippen molar-refractivity contribution in [2.24, 2.45) is 10.9 Å². The van der Waals surface area contributed by atoms with Gasteiger partial charge in [0.1, 0.15) is 5.92 Å². The number of amides is 1. The Hall–Kier alpha value is -3.76. The van der Waals surface area contributed by atoms with E-state index in [-0.39, 0.29) is 11.5 Å². The number of fused-ring (bicyclic) bond motifs is 1. The molecule has 11 nitrogen and oxygen atoms in total. The molecule has 0 fully saturated rings. The van der Waals surface area contributed by atoms with E-state index in [2.05, 4.69) is 10.3 Å². The minimum Gasteiger partial charge on any atom is -0.462 e. The van der Waals surface area contributed by atoms with Crippen LogP contribution in [0.1, 0.15) is 45.7 Å². The van der Waals surface area contributed by atoms with Crippen molar-refractivity contribution in [2.45, 2.75) is 46.3 Å². The van der Waals surface area contributed by atoms with Gasteiger partial charge in [-0.3, -0.25) is 19.7 Å². The molecule has 2 heterocycles. The number of nitrogens with zero attached hydrogens (tertiary/aromatic N) is 4. The summed E-state index contributed by atoms with van der Waals surface area (Å²) in [7, 11) is 0. The summed E-state index contributed by atoms with van der Waals surface area (Å²) < 4.78 is 7.61. The lowest BCUT2D eigenvalue weighted by Gasteiger charge is -2.33. The molecule has 0 saturated heterocycles. The number of rotatable bonds is 6. The van der Waals surface area contributed by atoms with Gasteiger partial charge in [-0.2, -0.15) is 4.68 Å². The van der Waals surface area contributed by atoms with Crippen molar-refractivity contribution in [1.82, 2.24) is 14.7 Å². The molecule has 0 radical (unpaired) electrons. The average Bonchev–Trinajstić information content (AvgIpc) is 3.05. The molecule has 1 aromatic heterocycles. The zero-order valence-corrected chi connectivity index (χ0v) is 18.3. The van der Waals surface area contributed by atoms with E-state index >= 15 is 0 Å². The Bertz CT molecular complexity index is 1150. The van der Waals surface area contributed by atoms with Crippen LogP contribution >= 0.6 is 0 Å². The van der Waals surface area contributed by atoms with Crippen LogP contribution in [0.4, 0.5) is 16.3 Å². The Kier molecular flexibility index (Phi) is 6.56. The van der Waals surface area contributed by atoms with Crippen LogP contribution < -0.4 is 10.9 Å². The summed E-state index contributed by atoms with van der Waals surface area (Å²) in [6.07, 6.45) is 0.241. The normalized spacial score (nSPS) is 17.5. The molecule has 1 amide bonds. The smallest absolute Gasteiger partial charge is 0.343 e. The summed E-state index contributed by atoms with van der Waals surface area (Å²) in [5.41, 5.74) is -0.0681. The third-order valence-corrected chi connectivity index (χ3v) is 4.98. The maximum Gasteiger partial charge on any atom is 0.343 e. The van der Waals surface area contributed by atoms with Gasteiger partial charge in [0.15, 0.2) is 5.82 Å². The molecule has 170 valence electrons. The number of benzene rings is 1. The van der Waals surface area contributed by atoms with Crippen molar-refractivity contribution in [1.29, 1.82) is 0 Å². The van der Waals surface area contributed by atoms with Crippen LogP contribution in [0.3, 0.4) is 0 Å². The van der Waals surface area contributed by atoms with E-state index in [0.717, 1.165) is 4.68 Å². The number of hydrogen-bond donors (Lipinski definition) is 1. The molecule has 11 heteroatoms. The zero-order chi connectivity index (χ0) is 23.6. The first-order valence-electron chi connectivity index (χ1n) is 10.3. The lowest BCUT2D eigenvalue weighted by molar-refractivity contribution is -0.384. The fourth-order valence-corrected chi connectivity index (χ4v) is 3.68. The predicted octanol–water partition coefficient (Wildman–Crippen LogP) is 2.79. The van der Waals surface area contributed by atoms with Crippen molar-refractivity contribution in [2.75, 3.05) is 6.54 Å². The SMILES string of the molecule is CCCNC(=O)n1c(=O)cc2n1C(c1cccc([N+](=O)[O-])c1)C(C(=O)OC(C)C)C(C)=N2. The monoisotopic (exact) mass is 443 g/mol. The number of carbonyl (C=O) groups excluding carboxylic acids is 2. The molecule has 2 unspecified atom stereocenters. The number of nitro benzene ring substituents is 1. The molecule has 0 bridgehead atoms. The predicted molar refractivity (Wildman–Crippen MR) is 117 cm³/mol. The summed E-state index contributed by atoms with van der Waals surface area (Å²) in [4.78, 5) is 53.8. The van der Waals surface area contributed by atoms with Gasteiger partial charge in [0.05, 0.1) is 17.1 Å². The van der Waals surface area contributed by atoms with E-state index in [4.69, 9.17) is 4.74 Å². The van der Waals surface area contributed by atoms with Gasteiger partial charge in [-0.05, 0) is 32.8 Å². The second-order valence-corrected chi connectivity index (χ2v) is 7.74.